The van der Waals surface area contributed by atoms with Crippen molar-refractivity contribution in [2.45, 2.75) is 52.8 Å². The van der Waals surface area contributed by atoms with Gasteiger partial charge in [-0.05, 0) is 40.2 Å². The van der Waals surface area contributed by atoms with E-state index < -0.39 is 5.60 Å². The molecular weight excluding hydrogens is 264 g/mol. The lowest BCUT2D eigenvalue weighted by molar-refractivity contribution is 0.0193. The zero-order chi connectivity index (χ0) is 15.9. The summed E-state index contributed by atoms with van der Waals surface area (Å²) in [5.41, 5.74) is 0.785. The number of nitrogens with zero attached hydrogens (tertiary/aromatic N) is 1. The first-order valence-electron chi connectivity index (χ1n) is 7.54. The maximum atomic E-state index is 12.1. The lowest BCUT2D eigenvalue weighted by Crippen LogP contribution is -2.44. The van der Waals surface area contributed by atoms with E-state index in [4.69, 9.17) is 4.74 Å². The van der Waals surface area contributed by atoms with Gasteiger partial charge in [-0.1, -0.05) is 30.3 Å². The SMILES string of the molecule is CC(C)N(CCNCc1ccccc1)C(=O)OC(C)(C)C. The molecule has 1 amide bonds. The van der Waals surface area contributed by atoms with E-state index in [0.29, 0.717) is 6.54 Å². The number of nitrogens with one attached hydrogen (secondary N) is 1. The van der Waals surface area contributed by atoms with Crippen molar-refractivity contribution in [1.82, 2.24) is 10.2 Å². The molecule has 0 aliphatic heterocycles. The molecule has 1 N–H and O–H groups in total. The van der Waals surface area contributed by atoms with Crippen LogP contribution in [0.3, 0.4) is 0 Å². The fraction of sp³-hybridized carbons (Fsp3) is 0.588. The molecule has 1 rings (SSSR count). The van der Waals surface area contributed by atoms with Gasteiger partial charge in [-0.2, -0.15) is 0 Å². The van der Waals surface area contributed by atoms with Crippen molar-refractivity contribution in [2.75, 3.05) is 13.1 Å². The number of carbonyl (C=O) groups excluding carboxylic acids is 1. The van der Waals surface area contributed by atoms with Gasteiger partial charge < -0.3 is 15.0 Å². The summed E-state index contributed by atoms with van der Waals surface area (Å²) in [6.07, 6.45) is -0.251. The van der Waals surface area contributed by atoms with Crippen LogP contribution in [0.1, 0.15) is 40.2 Å². The minimum Gasteiger partial charge on any atom is -0.444 e. The van der Waals surface area contributed by atoms with Gasteiger partial charge in [0.2, 0.25) is 0 Å². The molecule has 1 aromatic carbocycles. The highest BCUT2D eigenvalue weighted by Gasteiger charge is 2.23. The van der Waals surface area contributed by atoms with Gasteiger partial charge in [-0.3, -0.25) is 0 Å². The van der Waals surface area contributed by atoms with Crippen LogP contribution in [0, 0.1) is 0 Å². The lowest BCUT2D eigenvalue weighted by atomic mass is 10.2. The van der Waals surface area contributed by atoms with Crippen molar-refractivity contribution in [3.8, 4) is 0 Å². The smallest absolute Gasteiger partial charge is 0.410 e. The average Bonchev–Trinajstić information content (AvgIpc) is 2.37. The summed E-state index contributed by atoms with van der Waals surface area (Å²) >= 11 is 0. The fourth-order valence-corrected chi connectivity index (χ4v) is 1.91. The number of carbonyl (C=O) groups is 1. The van der Waals surface area contributed by atoms with Crippen LogP contribution in [-0.2, 0) is 11.3 Å². The van der Waals surface area contributed by atoms with Gasteiger partial charge in [-0.15, -0.1) is 0 Å². The standard InChI is InChI=1S/C17H28N2O2/c1-14(2)19(16(20)21-17(3,4)5)12-11-18-13-15-9-7-6-8-10-15/h6-10,14,18H,11-13H2,1-5H3. The summed E-state index contributed by atoms with van der Waals surface area (Å²) in [7, 11) is 0. The van der Waals surface area contributed by atoms with E-state index in [9.17, 15) is 4.79 Å². The molecule has 0 aliphatic carbocycles. The number of benzene rings is 1. The molecule has 4 nitrogen and oxygen atoms in total. The molecule has 0 saturated carbocycles. The zero-order valence-electron chi connectivity index (χ0n) is 13.8. The third kappa shape index (κ3) is 7.14. The van der Waals surface area contributed by atoms with Crippen molar-refractivity contribution in [2.24, 2.45) is 0 Å². The summed E-state index contributed by atoms with van der Waals surface area (Å²) in [5, 5.41) is 3.36. The molecule has 0 aromatic heterocycles. The molecule has 1 aromatic rings. The predicted octanol–water partition coefficient (Wildman–Crippen LogP) is 3.42. The second-order valence-corrected chi connectivity index (χ2v) is 6.43. The Kier molecular flexibility index (Phi) is 6.69. The van der Waals surface area contributed by atoms with Crippen LogP contribution in [0.5, 0.6) is 0 Å². The molecule has 0 heterocycles. The Balaban J connectivity index is 2.39. The van der Waals surface area contributed by atoms with Crippen molar-refractivity contribution in [3.63, 3.8) is 0 Å². The molecule has 0 unspecified atom stereocenters. The zero-order valence-corrected chi connectivity index (χ0v) is 13.8. The lowest BCUT2D eigenvalue weighted by Gasteiger charge is -2.30. The van der Waals surface area contributed by atoms with E-state index in [1.165, 1.54) is 5.56 Å². The Hall–Kier alpha value is -1.55. The molecule has 0 saturated heterocycles. The molecule has 4 heteroatoms. The van der Waals surface area contributed by atoms with Crippen molar-refractivity contribution in [3.05, 3.63) is 35.9 Å². The second-order valence-electron chi connectivity index (χ2n) is 6.43. The normalized spacial score (nSPS) is 11.5. The van der Waals surface area contributed by atoms with Crippen LogP contribution in [0.2, 0.25) is 0 Å². The Morgan fingerprint density at radius 3 is 2.38 bits per heavy atom. The van der Waals surface area contributed by atoms with E-state index in [1.54, 1.807) is 4.90 Å². The minimum atomic E-state index is -0.457. The van der Waals surface area contributed by atoms with Crippen LogP contribution >= 0.6 is 0 Å². The fourth-order valence-electron chi connectivity index (χ4n) is 1.91. The molecule has 0 atom stereocenters. The monoisotopic (exact) mass is 292 g/mol. The highest BCUT2D eigenvalue weighted by molar-refractivity contribution is 5.68. The quantitative estimate of drug-likeness (QED) is 0.817. The Labute approximate surface area is 128 Å². The summed E-state index contributed by atoms with van der Waals surface area (Å²) < 4.78 is 5.44. The highest BCUT2D eigenvalue weighted by atomic mass is 16.6. The first-order chi connectivity index (χ1) is 9.79. The van der Waals surface area contributed by atoms with Gasteiger partial charge in [0.05, 0.1) is 0 Å². The summed E-state index contributed by atoms with van der Waals surface area (Å²) in [6, 6.07) is 10.4. The van der Waals surface area contributed by atoms with Gasteiger partial charge >= 0.3 is 6.09 Å². The van der Waals surface area contributed by atoms with E-state index >= 15 is 0 Å². The van der Waals surface area contributed by atoms with Crippen LogP contribution in [0.4, 0.5) is 4.79 Å². The number of hydrogen-bond donors (Lipinski definition) is 1. The Bertz CT molecular complexity index is 424. The number of ether oxygens (including phenoxy) is 1. The third-order valence-corrected chi connectivity index (χ3v) is 2.95. The van der Waals surface area contributed by atoms with Gasteiger partial charge in [0.1, 0.15) is 5.60 Å². The molecule has 0 bridgehead atoms. The molecule has 21 heavy (non-hydrogen) atoms. The Morgan fingerprint density at radius 1 is 1.24 bits per heavy atom. The first kappa shape index (κ1) is 17.5. The molecular formula is C17H28N2O2. The van der Waals surface area contributed by atoms with E-state index in [-0.39, 0.29) is 12.1 Å². The summed E-state index contributed by atoms with van der Waals surface area (Å²) in [6.45, 7) is 11.8. The maximum Gasteiger partial charge on any atom is 0.410 e. The first-order valence-corrected chi connectivity index (χ1v) is 7.54. The average molecular weight is 292 g/mol. The van der Waals surface area contributed by atoms with Crippen molar-refractivity contribution in [1.29, 1.82) is 0 Å². The topological polar surface area (TPSA) is 41.6 Å². The highest BCUT2D eigenvalue weighted by Crippen LogP contribution is 2.11. The summed E-state index contributed by atoms with van der Waals surface area (Å²) in [5.74, 6) is 0. The van der Waals surface area contributed by atoms with E-state index in [1.807, 2.05) is 52.8 Å². The second kappa shape index (κ2) is 8.03. The molecule has 118 valence electrons. The molecule has 0 radical (unpaired) electrons. The number of amides is 1. The Morgan fingerprint density at radius 2 is 1.86 bits per heavy atom. The van der Waals surface area contributed by atoms with Crippen LogP contribution < -0.4 is 5.32 Å². The van der Waals surface area contributed by atoms with Crippen LogP contribution in [0.25, 0.3) is 0 Å². The van der Waals surface area contributed by atoms with Crippen LogP contribution in [-0.4, -0.2) is 35.7 Å². The third-order valence-electron chi connectivity index (χ3n) is 2.95. The van der Waals surface area contributed by atoms with E-state index in [0.717, 1.165) is 13.1 Å². The van der Waals surface area contributed by atoms with E-state index in [2.05, 4.69) is 17.4 Å². The minimum absolute atomic E-state index is 0.123. The number of hydrogen-bond acceptors (Lipinski definition) is 3. The summed E-state index contributed by atoms with van der Waals surface area (Å²) in [4.78, 5) is 13.9. The molecule has 0 aliphatic rings. The van der Waals surface area contributed by atoms with Crippen LogP contribution in [0.15, 0.2) is 30.3 Å². The van der Waals surface area contributed by atoms with Crippen molar-refractivity contribution >= 4 is 6.09 Å². The van der Waals surface area contributed by atoms with Gasteiger partial charge in [-0.25, -0.2) is 4.79 Å². The molecule has 0 fully saturated rings. The maximum absolute atomic E-state index is 12.1. The van der Waals surface area contributed by atoms with Gasteiger partial charge in [0.25, 0.3) is 0 Å². The number of rotatable bonds is 6. The van der Waals surface area contributed by atoms with Crippen molar-refractivity contribution < 1.29 is 9.53 Å². The van der Waals surface area contributed by atoms with Gasteiger partial charge in [0.15, 0.2) is 0 Å². The molecule has 0 spiro atoms. The predicted molar refractivity (Wildman–Crippen MR) is 86.2 cm³/mol. The van der Waals surface area contributed by atoms with Gasteiger partial charge in [0, 0.05) is 25.7 Å². The largest absolute Gasteiger partial charge is 0.444 e.